The summed E-state index contributed by atoms with van der Waals surface area (Å²) in [4.78, 5) is 24.2. The van der Waals surface area contributed by atoms with E-state index >= 15 is 0 Å². The molecule has 17 heavy (non-hydrogen) atoms. The highest BCUT2D eigenvalue weighted by Crippen LogP contribution is 2.27. The normalized spacial score (nSPS) is 9.76. The number of nitrogens with zero attached hydrogens (tertiary/aromatic N) is 1. The number of para-hydroxylation sites is 1. The highest BCUT2D eigenvalue weighted by atomic mass is 16.3. The van der Waals surface area contributed by atoms with E-state index in [-0.39, 0.29) is 23.8 Å². The highest BCUT2D eigenvalue weighted by molar-refractivity contribution is 5.99. The summed E-state index contributed by atoms with van der Waals surface area (Å²) in [5, 5.41) is 21.0. The van der Waals surface area contributed by atoms with Crippen molar-refractivity contribution in [1.29, 1.82) is 0 Å². The Labute approximate surface area is 98.5 Å². The van der Waals surface area contributed by atoms with Crippen LogP contribution in [0.4, 0.5) is 0 Å². The maximum Gasteiger partial charge on any atom is 0.255 e. The molecule has 0 aliphatic carbocycles. The second-order valence-electron chi connectivity index (χ2n) is 3.64. The highest BCUT2D eigenvalue weighted by Gasteiger charge is 2.14. The van der Waals surface area contributed by atoms with Gasteiger partial charge in [0.25, 0.3) is 5.91 Å². The van der Waals surface area contributed by atoms with Crippen LogP contribution in [0.3, 0.4) is 0 Å². The average Bonchev–Trinajstić information content (AvgIpc) is 2.29. The third kappa shape index (κ3) is 3.10. The molecule has 0 heterocycles. The average molecular weight is 238 g/mol. The summed E-state index contributed by atoms with van der Waals surface area (Å²) in [7, 11) is 3.14. The number of hydrogen-bond donors (Lipinski definition) is 3. The fraction of sp³-hybridized carbons (Fsp3) is 0.273. The van der Waals surface area contributed by atoms with Gasteiger partial charge in [-0.15, -0.1) is 0 Å². The fourth-order valence-corrected chi connectivity index (χ4v) is 1.12. The van der Waals surface area contributed by atoms with Crippen LogP contribution in [0.5, 0.6) is 11.5 Å². The number of phenolic OH excluding ortho intramolecular Hbond substituents is 2. The van der Waals surface area contributed by atoms with Gasteiger partial charge in [-0.25, -0.2) is 0 Å². The van der Waals surface area contributed by atoms with Gasteiger partial charge in [-0.2, -0.15) is 0 Å². The fourth-order valence-electron chi connectivity index (χ4n) is 1.12. The van der Waals surface area contributed by atoms with Crippen molar-refractivity contribution >= 4 is 11.8 Å². The first-order chi connectivity index (χ1) is 7.93. The molecule has 0 bridgehead atoms. The van der Waals surface area contributed by atoms with E-state index in [1.807, 2.05) is 0 Å². The second-order valence-corrected chi connectivity index (χ2v) is 3.64. The van der Waals surface area contributed by atoms with Crippen LogP contribution in [-0.4, -0.2) is 47.6 Å². The molecular weight excluding hydrogens is 224 g/mol. The summed E-state index contributed by atoms with van der Waals surface area (Å²) in [6.07, 6.45) is 0. The zero-order valence-corrected chi connectivity index (χ0v) is 9.60. The largest absolute Gasteiger partial charge is 0.504 e. The summed E-state index contributed by atoms with van der Waals surface area (Å²) in [6, 6.07) is 4.04. The maximum absolute atomic E-state index is 11.6. The molecule has 0 atom stereocenters. The molecule has 0 spiro atoms. The second kappa shape index (κ2) is 5.20. The van der Waals surface area contributed by atoms with Crippen LogP contribution < -0.4 is 5.32 Å². The van der Waals surface area contributed by atoms with Crippen LogP contribution in [0.15, 0.2) is 18.2 Å². The zero-order valence-electron chi connectivity index (χ0n) is 9.60. The quantitative estimate of drug-likeness (QED) is 0.642. The van der Waals surface area contributed by atoms with Gasteiger partial charge in [0, 0.05) is 14.1 Å². The number of likely N-dealkylation sites (N-methyl/N-ethyl adjacent to an activating group) is 1. The van der Waals surface area contributed by atoms with Crippen molar-refractivity contribution in [3.8, 4) is 11.5 Å². The molecule has 2 amide bonds. The predicted octanol–water partition coefficient (Wildman–Crippen LogP) is -0.0842. The van der Waals surface area contributed by atoms with Crippen molar-refractivity contribution in [2.75, 3.05) is 20.6 Å². The summed E-state index contributed by atoms with van der Waals surface area (Å²) < 4.78 is 0. The predicted molar refractivity (Wildman–Crippen MR) is 60.8 cm³/mol. The van der Waals surface area contributed by atoms with Crippen LogP contribution in [0.1, 0.15) is 10.4 Å². The van der Waals surface area contributed by atoms with E-state index in [4.69, 9.17) is 0 Å². The summed E-state index contributed by atoms with van der Waals surface area (Å²) in [5.41, 5.74) is -0.0726. The molecule has 3 N–H and O–H groups in total. The monoisotopic (exact) mass is 238 g/mol. The summed E-state index contributed by atoms with van der Waals surface area (Å²) in [5.74, 6) is -1.76. The molecule has 1 rings (SSSR count). The first-order valence-electron chi connectivity index (χ1n) is 4.92. The molecule has 6 heteroatoms. The molecule has 6 nitrogen and oxygen atoms in total. The third-order valence-electron chi connectivity index (χ3n) is 2.16. The van der Waals surface area contributed by atoms with Crippen molar-refractivity contribution < 1.29 is 19.8 Å². The Morgan fingerprint density at radius 3 is 2.53 bits per heavy atom. The molecule has 0 radical (unpaired) electrons. The number of benzene rings is 1. The lowest BCUT2D eigenvalue weighted by Gasteiger charge is -2.11. The molecule has 0 saturated carbocycles. The molecule has 1 aromatic rings. The molecule has 1 aromatic carbocycles. The number of hydrogen-bond acceptors (Lipinski definition) is 4. The number of aromatic hydroxyl groups is 2. The van der Waals surface area contributed by atoms with Crippen molar-refractivity contribution in [3.05, 3.63) is 23.8 Å². The topological polar surface area (TPSA) is 89.9 Å². The summed E-state index contributed by atoms with van der Waals surface area (Å²) >= 11 is 0. The van der Waals surface area contributed by atoms with Gasteiger partial charge >= 0.3 is 0 Å². The Kier molecular flexibility index (Phi) is 3.92. The van der Waals surface area contributed by atoms with E-state index < -0.39 is 11.7 Å². The van der Waals surface area contributed by atoms with Crippen LogP contribution in [0.25, 0.3) is 0 Å². The number of amides is 2. The van der Waals surface area contributed by atoms with Gasteiger partial charge in [-0.3, -0.25) is 9.59 Å². The Morgan fingerprint density at radius 2 is 1.94 bits per heavy atom. The standard InChI is InChI=1S/C11H14N2O4/c1-13(2)9(15)6-12-11(17)7-4-3-5-8(14)10(7)16/h3-5,14,16H,6H2,1-2H3,(H,12,17). The third-order valence-corrected chi connectivity index (χ3v) is 2.16. The lowest BCUT2D eigenvalue weighted by molar-refractivity contribution is -0.127. The van der Waals surface area contributed by atoms with E-state index in [1.165, 1.54) is 23.1 Å². The summed E-state index contributed by atoms with van der Waals surface area (Å²) in [6.45, 7) is -0.166. The van der Waals surface area contributed by atoms with Crippen molar-refractivity contribution in [2.24, 2.45) is 0 Å². The van der Waals surface area contributed by atoms with Gasteiger partial charge in [-0.1, -0.05) is 6.07 Å². The first kappa shape index (κ1) is 12.8. The van der Waals surface area contributed by atoms with Gasteiger partial charge in [-0.05, 0) is 12.1 Å². The lowest BCUT2D eigenvalue weighted by Crippen LogP contribution is -2.36. The zero-order chi connectivity index (χ0) is 13.0. The van der Waals surface area contributed by atoms with Crippen molar-refractivity contribution in [1.82, 2.24) is 10.2 Å². The van der Waals surface area contributed by atoms with E-state index in [0.717, 1.165) is 0 Å². The number of carbonyl (C=O) groups excluding carboxylic acids is 2. The van der Waals surface area contributed by atoms with Crippen LogP contribution in [0.2, 0.25) is 0 Å². The molecule has 0 saturated heterocycles. The molecule has 92 valence electrons. The minimum Gasteiger partial charge on any atom is -0.504 e. The van der Waals surface area contributed by atoms with E-state index in [1.54, 1.807) is 14.1 Å². The molecule has 0 unspecified atom stereocenters. The van der Waals surface area contributed by atoms with Gasteiger partial charge in [0.1, 0.15) is 0 Å². The molecular formula is C11H14N2O4. The van der Waals surface area contributed by atoms with Crippen molar-refractivity contribution in [2.45, 2.75) is 0 Å². The SMILES string of the molecule is CN(C)C(=O)CNC(=O)c1cccc(O)c1O. The van der Waals surface area contributed by atoms with Crippen LogP contribution in [-0.2, 0) is 4.79 Å². The van der Waals surface area contributed by atoms with Crippen LogP contribution in [0, 0.1) is 0 Å². The molecule has 0 fully saturated rings. The Bertz CT molecular complexity index is 443. The van der Waals surface area contributed by atoms with Gasteiger partial charge in [0.2, 0.25) is 5.91 Å². The molecule has 0 aromatic heterocycles. The maximum atomic E-state index is 11.6. The van der Waals surface area contributed by atoms with Gasteiger partial charge < -0.3 is 20.4 Å². The van der Waals surface area contributed by atoms with Gasteiger partial charge in [0.15, 0.2) is 11.5 Å². The van der Waals surface area contributed by atoms with Crippen LogP contribution >= 0.6 is 0 Å². The molecule has 0 aliphatic rings. The van der Waals surface area contributed by atoms with E-state index in [2.05, 4.69) is 5.32 Å². The van der Waals surface area contributed by atoms with E-state index in [0.29, 0.717) is 0 Å². The number of carbonyl (C=O) groups is 2. The van der Waals surface area contributed by atoms with E-state index in [9.17, 15) is 19.8 Å². The Balaban J connectivity index is 2.71. The smallest absolute Gasteiger partial charge is 0.255 e. The minimum atomic E-state index is -0.617. The first-order valence-corrected chi connectivity index (χ1v) is 4.92. The number of rotatable bonds is 3. The minimum absolute atomic E-state index is 0.0726. The number of nitrogens with one attached hydrogen (secondary N) is 1. The number of phenols is 2. The van der Waals surface area contributed by atoms with Gasteiger partial charge in [0.05, 0.1) is 12.1 Å². The Hall–Kier alpha value is -2.24. The lowest BCUT2D eigenvalue weighted by atomic mass is 10.1. The Morgan fingerprint density at radius 1 is 1.29 bits per heavy atom. The van der Waals surface area contributed by atoms with Crippen molar-refractivity contribution in [3.63, 3.8) is 0 Å². The molecule has 0 aliphatic heterocycles.